The van der Waals surface area contributed by atoms with Crippen LogP contribution in [0.1, 0.15) is 106 Å². The molecule has 200 valence electrons. The molecule has 5 nitrogen and oxygen atoms in total. The van der Waals surface area contributed by atoms with Gasteiger partial charge in [-0.05, 0) is 117 Å². The van der Waals surface area contributed by atoms with Crippen molar-refractivity contribution in [2.45, 2.75) is 142 Å². The van der Waals surface area contributed by atoms with Gasteiger partial charge in [0.25, 0.3) is 0 Å². The molecular formula is C30H50O5. The van der Waals surface area contributed by atoms with Gasteiger partial charge >= 0.3 is 0 Å². The molecule has 6 aliphatic rings. The molecule has 0 aromatic rings. The lowest BCUT2D eigenvalue weighted by atomic mass is 9.41. The minimum atomic E-state index is -0.886. The van der Waals surface area contributed by atoms with Gasteiger partial charge in [-0.25, -0.2) is 0 Å². The van der Waals surface area contributed by atoms with Crippen LogP contribution in [0.3, 0.4) is 0 Å². The highest BCUT2D eigenvalue weighted by molar-refractivity contribution is 5.33. The fourth-order valence-corrected chi connectivity index (χ4v) is 12.1. The second-order valence-electron chi connectivity index (χ2n) is 15.9. The predicted octanol–water partition coefficient (Wildman–Crippen LogP) is 4.44. The average Bonchev–Trinajstić information content (AvgIpc) is 3.08. The number of aliphatic hydroxyl groups is 4. The third-order valence-corrected chi connectivity index (χ3v) is 13.8. The Labute approximate surface area is 212 Å². The van der Waals surface area contributed by atoms with Crippen molar-refractivity contribution >= 4 is 0 Å². The number of aliphatic hydroxyl groups excluding tert-OH is 3. The summed E-state index contributed by atoms with van der Waals surface area (Å²) in [5.74, 6) is 0.577. The maximum atomic E-state index is 11.7. The van der Waals surface area contributed by atoms with Crippen molar-refractivity contribution in [1.29, 1.82) is 0 Å². The van der Waals surface area contributed by atoms with Crippen molar-refractivity contribution in [1.82, 2.24) is 0 Å². The largest absolute Gasteiger partial charge is 0.393 e. The first-order chi connectivity index (χ1) is 16.0. The topological polar surface area (TPSA) is 90.2 Å². The van der Waals surface area contributed by atoms with Gasteiger partial charge in [0.05, 0.1) is 35.6 Å². The van der Waals surface area contributed by atoms with Crippen LogP contribution in [0.2, 0.25) is 0 Å². The summed E-state index contributed by atoms with van der Waals surface area (Å²) in [6.07, 6.45) is 7.18. The van der Waals surface area contributed by atoms with Gasteiger partial charge in [0.1, 0.15) is 0 Å². The summed E-state index contributed by atoms with van der Waals surface area (Å²) in [5, 5.41) is 45.0. The van der Waals surface area contributed by atoms with E-state index in [0.717, 1.165) is 51.4 Å². The molecule has 5 aliphatic carbocycles. The predicted molar refractivity (Wildman–Crippen MR) is 134 cm³/mol. The Hall–Kier alpha value is -0.200. The Morgan fingerprint density at radius 1 is 0.771 bits per heavy atom. The molecule has 1 unspecified atom stereocenters. The van der Waals surface area contributed by atoms with Crippen molar-refractivity contribution in [3.05, 3.63) is 0 Å². The Morgan fingerprint density at radius 3 is 2.09 bits per heavy atom. The van der Waals surface area contributed by atoms with E-state index in [1.165, 1.54) is 6.42 Å². The van der Waals surface area contributed by atoms with Crippen LogP contribution in [0.4, 0.5) is 0 Å². The van der Waals surface area contributed by atoms with Gasteiger partial charge < -0.3 is 25.2 Å². The highest BCUT2D eigenvalue weighted by Crippen LogP contribution is 2.89. The number of fused-ring (bicyclic) bond motifs is 2. The molecule has 0 amide bonds. The van der Waals surface area contributed by atoms with Crippen LogP contribution in [0.15, 0.2) is 0 Å². The molecule has 2 spiro atoms. The van der Waals surface area contributed by atoms with Gasteiger partial charge in [0, 0.05) is 5.92 Å². The summed E-state index contributed by atoms with van der Waals surface area (Å²) in [4.78, 5) is 0. The van der Waals surface area contributed by atoms with E-state index in [2.05, 4.69) is 34.6 Å². The fraction of sp³-hybridized carbons (Fsp3) is 1.00. The van der Waals surface area contributed by atoms with E-state index in [9.17, 15) is 20.4 Å². The first-order valence-electron chi connectivity index (χ1n) is 14.4. The van der Waals surface area contributed by atoms with Crippen LogP contribution in [-0.2, 0) is 4.74 Å². The van der Waals surface area contributed by atoms with Crippen LogP contribution in [-0.4, -0.2) is 56.0 Å². The maximum Gasteiger partial charge on any atom is 0.0865 e. The SMILES string of the molecule is CC(C)(O)[C@H]1CC[C@@](C)(C2[C@H](O)C[C@@]3(C)[C@@H]4C[C@H](O)[C@H]5C(C)(C)[C@@H](O)CC[C@@]56C[C@@]46CC[C@]23C)O1. The summed E-state index contributed by atoms with van der Waals surface area (Å²) in [6, 6.07) is 0. The second kappa shape index (κ2) is 6.86. The number of hydrogen-bond acceptors (Lipinski definition) is 5. The molecule has 0 bridgehead atoms. The Morgan fingerprint density at radius 2 is 1.46 bits per heavy atom. The monoisotopic (exact) mass is 490 g/mol. The molecule has 12 atom stereocenters. The quantitative estimate of drug-likeness (QED) is 0.460. The van der Waals surface area contributed by atoms with Crippen LogP contribution in [0.25, 0.3) is 0 Å². The smallest absolute Gasteiger partial charge is 0.0865 e. The van der Waals surface area contributed by atoms with Crippen molar-refractivity contribution in [3.63, 3.8) is 0 Å². The summed E-state index contributed by atoms with van der Waals surface area (Å²) in [7, 11) is 0. The van der Waals surface area contributed by atoms with Gasteiger partial charge in [-0.3, -0.25) is 0 Å². The second-order valence-corrected chi connectivity index (χ2v) is 15.9. The summed E-state index contributed by atoms with van der Waals surface area (Å²) in [5.41, 5.74) is -1.35. The van der Waals surface area contributed by atoms with Gasteiger partial charge in [0.2, 0.25) is 0 Å². The first-order valence-corrected chi connectivity index (χ1v) is 14.4. The zero-order valence-corrected chi connectivity index (χ0v) is 23.1. The van der Waals surface area contributed by atoms with Crippen LogP contribution >= 0.6 is 0 Å². The lowest BCUT2D eigenvalue weighted by Gasteiger charge is -2.64. The molecule has 0 radical (unpaired) electrons. The summed E-state index contributed by atoms with van der Waals surface area (Å²) >= 11 is 0. The normalized spacial score (nSPS) is 60.9. The molecular weight excluding hydrogens is 440 g/mol. The molecule has 0 aromatic carbocycles. The van der Waals surface area contributed by atoms with Crippen molar-refractivity contribution in [2.24, 2.45) is 44.8 Å². The average molecular weight is 491 g/mol. The Bertz CT molecular complexity index is 911. The maximum absolute atomic E-state index is 11.7. The number of ether oxygens (including phenoxy) is 1. The standard InChI is InChI=1S/C30H50O5/c1-24(2)20(33)8-11-30-16-29(30)13-12-26(5)23(28(7)10-9-21(35-28)25(3,4)34)18(32)15-27(26,6)19(29)14-17(31)22(24)30/h17-23,31-34H,8-16H2,1-7H3/t17-,18+,19-,20-,21+,22-,23?,26+,27-,28-,29-,30+/m0/s1. The van der Waals surface area contributed by atoms with E-state index in [1.807, 2.05) is 13.8 Å². The van der Waals surface area contributed by atoms with E-state index in [0.29, 0.717) is 5.92 Å². The molecule has 6 rings (SSSR count). The molecule has 1 heterocycles. The lowest BCUT2D eigenvalue weighted by molar-refractivity contribution is -0.213. The highest BCUT2D eigenvalue weighted by Gasteiger charge is 2.84. The van der Waals surface area contributed by atoms with Crippen molar-refractivity contribution < 1.29 is 25.2 Å². The van der Waals surface area contributed by atoms with E-state index in [1.54, 1.807) is 0 Å². The van der Waals surface area contributed by atoms with Gasteiger partial charge in [-0.15, -0.1) is 0 Å². The van der Waals surface area contributed by atoms with Crippen LogP contribution in [0.5, 0.6) is 0 Å². The fourth-order valence-electron chi connectivity index (χ4n) is 12.1. The molecule has 35 heavy (non-hydrogen) atoms. The number of rotatable bonds is 2. The molecule has 6 fully saturated rings. The molecule has 5 heteroatoms. The van der Waals surface area contributed by atoms with E-state index in [-0.39, 0.29) is 51.1 Å². The minimum absolute atomic E-state index is 0.0267. The van der Waals surface area contributed by atoms with Crippen LogP contribution in [0, 0.1) is 44.8 Å². The van der Waals surface area contributed by atoms with Crippen molar-refractivity contribution in [2.75, 3.05) is 0 Å². The molecule has 1 aliphatic heterocycles. The molecule has 1 saturated heterocycles. The zero-order valence-electron chi connectivity index (χ0n) is 23.1. The van der Waals surface area contributed by atoms with Crippen molar-refractivity contribution in [3.8, 4) is 0 Å². The Balaban J connectivity index is 1.37. The van der Waals surface area contributed by atoms with Gasteiger partial charge in [-0.2, -0.15) is 0 Å². The Kier molecular flexibility index (Phi) is 4.92. The summed E-state index contributed by atoms with van der Waals surface area (Å²) in [6.45, 7) is 15.0. The summed E-state index contributed by atoms with van der Waals surface area (Å²) < 4.78 is 6.66. The zero-order chi connectivity index (χ0) is 25.6. The molecule has 5 saturated carbocycles. The lowest BCUT2D eigenvalue weighted by Crippen LogP contribution is -2.62. The van der Waals surface area contributed by atoms with E-state index < -0.39 is 23.4 Å². The van der Waals surface area contributed by atoms with Gasteiger partial charge in [0.15, 0.2) is 0 Å². The van der Waals surface area contributed by atoms with E-state index in [4.69, 9.17) is 4.74 Å². The first kappa shape index (κ1) is 25.1. The van der Waals surface area contributed by atoms with Crippen LogP contribution < -0.4 is 0 Å². The highest BCUT2D eigenvalue weighted by atomic mass is 16.5. The number of hydrogen-bond donors (Lipinski definition) is 4. The molecule has 0 aromatic heterocycles. The van der Waals surface area contributed by atoms with E-state index >= 15 is 0 Å². The third-order valence-electron chi connectivity index (χ3n) is 13.8. The van der Waals surface area contributed by atoms with Gasteiger partial charge in [-0.1, -0.05) is 27.7 Å². The molecule has 4 N–H and O–H groups in total. The third kappa shape index (κ3) is 2.78. The minimum Gasteiger partial charge on any atom is -0.393 e.